The zero-order valence-electron chi connectivity index (χ0n) is 16.6. The molecule has 0 radical (unpaired) electrons. The number of hydrogen-bond donors (Lipinski definition) is 0. The molecule has 1 aliphatic heterocycles. The van der Waals surface area contributed by atoms with Gasteiger partial charge in [-0.2, -0.15) is 0 Å². The lowest BCUT2D eigenvalue weighted by Crippen LogP contribution is -2.38. The normalized spacial score (nSPS) is 17.2. The summed E-state index contributed by atoms with van der Waals surface area (Å²) >= 11 is 0. The molecule has 0 bridgehead atoms. The molecule has 4 heteroatoms. The van der Waals surface area contributed by atoms with Gasteiger partial charge in [-0.05, 0) is 56.6 Å². The SMILES string of the molecule is CN(C)Cc1ccc(C2CCCCN2C(=O)c2cccc3cccnc23)cc1. The highest BCUT2D eigenvalue weighted by Crippen LogP contribution is 2.33. The Hall–Kier alpha value is -2.72. The molecule has 0 spiro atoms. The molecule has 0 N–H and O–H groups in total. The smallest absolute Gasteiger partial charge is 0.256 e. The molecule has 1 atom stereocenters. The number of carbonyl (C=O) groups is 1. The van der Waals surface area contributed by atoms with Gasteiger partial charge in [0.1, 0.15) is 0 Å². The van der Waals surface area contributed by atoms with Gasteiger partial charge in [-0.15, -0.1) is 0 Å². The minimum absolute atomic E-state index is 0.0892. The van der Waals surface area contributed by atoms with E-state index in [9.17, 15) is 4.79 Å². The largest absolute Gasteiger partial charge is 0.332 e. The Kier molecular flexibility index (Phi) is 5.40. The summed E-state index contributed by atoms with van der Waals surface area (Å²) in [5.74, 6) is 0.0892. The van der Waals surface area contributed by atoms with E-state index in [4.69, 9.17) is 0 Å². The minimum atomic E-state index is 0.0892. The first-order chi connectivity index (χ1) is 13.6. The van der Waals surface area contributed by atoms with Crippen LogP contribution in [0.2, 0.25) is 0 Å². The van der Waals surface area contributed by atoms with Crippen LogP contribution in [0.25, 0.3) is 10.9 Å². The maximum absolute atomic E-state index is 13.5. The van der Waals surface area contributed by atoms with Crippen molar-refractivity contribution in [3.63, 3.8) is 0 Å². The van der Waals surface area contributed by atoms with Crippen molar-refractivity contribution in [2.24, 2.45) is 0 Å². The van der Waals surface area contributed by atoms with Crippen LogP contribution in [0.4, 0.5) is 0 Å². The van der Waals surface area contributed by atoms with E-state index in [1.54, 1.807) is 6.20 Å². The van der Waals surface area contributed by atoms with Gasteiger partial charge in [-0.1, -0.05) is 42.5 Å². The summed E-state index contributed by atoms with van der Waals surface area (Å²) in [6, 6.07) is 18.7. The summed E-state index contributed by atoms with van der Waals surface area (Å²) in [7, 11) is 4.15. The highest BCUT2D eigenvalue weighted by Gasteiger charge is 2.29. The number of fused-ring (bicyclic) bond motifs is 1. The Balaban J connectivity index is 1.64. The number of para-hydroxylation sites is 1. The molecular weight excluding hydrogens is 346 g/mol. The highest BCUT2D eigenvalue weighted by atomic mass is 16.2. The van der Waals surface area contributed by atoms with Crippen molar-refractivity contribution in [3.05, 3.63) is 77.5 Å². The number of aromatic nitrogens is 1. The van der Waals surface area contributed by atoms with Crippen molar-refractivity contribution in [2.45, 2.75) is 31.8 Å². The minimum Gasteiger partial charge on any atom is -0.332 e. The topological polar surface area (TPSA) is 36.4 Å². The number of hydrogen-bond acceptors (Lipinski definition) is 3. The summed E-state index contributed by atoms with van der Waals surface area (Å²) in [5, 5.41) is 1.01. The molecule has 28 heavy (non-hydrogen) atoms. The predicted octanol–water partition coefficient (Wildman–Crippen LogP) is 4.66. The molecule has 1 amide bonds. The molecule has 3 aromatic rings. The third kappa shape index (κ3) is 3.78. The number of nitrogens with zero attached hydrogens (tertiary/aromatic N) is 3. The molecular formula is C24H27N3O. The molecule has 1 fully saturated rings. The Morgan fingerprint density at radius 2 is 1.86 bits per heavy atom. The summed E-state index contributed by atoms with van der Waals surface area (Å²) < 4.78 is 0. The first-order valence-electron chi connectivity index (χ1n) is 10.0. The maximum atomic E-state index is 13.5. The van der Waals surface area contributed by atoms with Gasteiger partial charge in [0.2, 0.25) is 0 Å². The monoisotopic (exact) mass is 373 g/mol. The van der Waals surface area contributed by atoms with E-state index in [0.29, 0.717) is 5.56 Å². The van der Waals surface area contributed by atoms with E-state index < -0.39 is 0 Å². The number of piperidine rings is 1. The fraction of sp³-hybridized carbons (Fsp3) is 0.333. The van der Waals surface area contributed by atoms with Crippen LogP contribution in [0.15, 0.2) is 60.8 Å². The van der Waals surface area contributed by atoms with Crippen molar-refractivity contribution < 1.29 is 4.79 Å². The first kappa shape index (κ1) is 18.6. The van der Waals surface area contributed by atoms with Gasteiger partial charge in [0.25, 0.3) is 5.91 Å². The fourth-order valence-electron chi connectivity index (χ4n) is 4.16. The molecule has 1 aliphatic rings. The van der Waals surface area contributed by atoms with E-state index in [1.165, 1.54) is 11.1 Å². The third-order valence-electron chi connectivity index (χ3n) is 5.49. The molecule has 1 aromatic heterocycles. The van der Waals surface area contributed by atoms with Crippen molar-refractivity contribution in [1.29, 1.82) is 0 Å². The fourth-order valence-corrected chi connectivity index (χ4v) is 4.16. The molecule has 2 aromatic carbocycles. The molecule has 1 saturated heterocycles. The predicted molar refractivity (Wildman–Crippen MR) is 113 cm³/mol. The lowest BCUT2D eigenvalue weighted by atomic mass is 9.93. The zero-order chi connectivity index (χ0) is 19.5. The second-order valence-corrected chi connectivity index (χ2v) is 7.87. The standard InChI is InChI=1S/C24H27N3O/c1-26(2)17-18-11-13-19(14-12-18)22-10-3-4-16-27(22)24(28)21-9-5-7-20-8-6-15-25-23(20)21/h5-9,11-15,22H,3-4,10,16-17H2,1-2H3. The summed E-state index contributed by atoms with van der Waals surface area (Å²) in [4.78, 5) is 22.2. The molecule has 2 heterocycles. The molecule has 4 nitrogen and oxygen atoms in total. The van der Waals surface area contributed by atoms with Crippen LogP contribution in [0.5, 0.6) is 0 Å². The number of rotatable bonds is 4. The second kappa shape index (κ2) is 8.11. The second-order valence-electron chi connectivity index (χ2n) is 7.87. The number of carbonyl (C=O) groups excluding carboxylic acids is 1. The molecule has 4 rings (SSSR count). The van der Waals surface area contributed by atoms with Gasteiger partial charge in [-0.25, -0.2) is 0 Å². The summed E-state index contributed by atoms with van der Waals surface area (Å²) in [5.41, 5.74) is 4.01. The first-order valence-corrected chi connectivity index (χ1v) is 10.0. The average molecular weight is 374 g/mol. The molecule has 1 unspecified atom stereocenters. The number of benzene rings is 2. The lowest BCUT2D eigenvalue weighted by Gasteiger charge is -2.36. The molecule has 0 saturated carbocycles. The lowest BCUT2D eigenvalue weighted by molar-refractivity contribution is 0.0613. The van der Waals surface area contributed by atoms with E-state index in [0.717, 1.165) is 43.3 Å². The van der Waals surface area contributed by atoms with Crippen LogP contribution >= 0.6 is 0 Å². The summed E-state index contributed by atoms with van der Waals surface area (Å²) in [6.07, 6.45) is 4.98. The summed E-state index contributed by atoms with van der Waals surface area (Å²) in [6.45, 7) is 1.72. The van der Waals surface area contributed by atoms with Gasteiger partial charge in [0, 0.05) is 24.7 Å². The van der Waals surface area contributed by atoms with Gasteiger partial charge < -0.3 is 9.80 Å². The quantitative estimate of drug-likeness (QED) is 0.667. The van der Waals surface area contributed by atoms with E-state index in [-0.39, 0.29) is 11.9 Å². The maximum Gasteiger partial charge on any atom is 0.256 e. The van der Waals surface area contributed by atoms with Gasteiger partial charge in [-0.3, -0.25) is 9.78 Å². The molecule has 0 aliphatic carbocycles. The number of amides is 1. The van der Waals surface area contributed by atoms with Crippen LogP contribution in [0.1, 0.15) is 46.8 Å². The van der Waals surface area contributed by atoms with Crippen molar-refractivity contribution in [3.8, 4) is 0 Å². The Morgan fingerprint density at radius 3 is 2.64 bits per heavy atom. The number of likely N-dealkylation sites (tertiary alicyclic amines) is 1. The average Bonchev–Trinajstić information content (AvgIpc) is 2.73. The van der Waals surface area contributed by atoms with Crippen LogP contribution in [0.3, 0.4) is 0 Å². The van der Waals surface area contributed by atoms with Crippen LogP contribution < -0.4 is 0 Å². The third-order valence-corrected chi connectivity index (χ3v) is 5.49. The van der Waals surface area contributed by atoms with Crippen LogP contribution in [-0.4, -0.2) is 41.3 Å². The Bertz CT molecular complexity index is 960. The van der Waals surface area contributed by atoms with Gasteiger partial charge in [0.05, 0.1) is 17.1 Å². The van der Waals surface area contributed by atoms with Gasteiger partial charge >= 0.3 is 0 Å². The van der Waals surface area contributed by atoms with Crippen molar-refractivity contribution in [2.75, 3.05) is 20.6 Å². The van der Waals surface area contributed by atoms with E-state index in [2.05, 4.69) is 48.2 Å². The Morgan fingerprint density at radius 1 is 1.07 bits per heavy atom. The van der Waals surface area contributed by atoms with Crippen molar-refractivity contribution in [1.82, 2.24) is 14.8 Å². The highest BCUT2D eigenvalue weighted by molar-refractivity contribution is 6.05. The van der Waals surface area contributed by atoms with Gasteiger partial charge in [0.15, 0.2) is 0 Å². The van der Waals surface area contributed by atoms with Crippen LogP contribution in [-0.2, 0) is 6.54 Å². The van der Waals surface area contributed by atoms with E-state index in [1.807, 2.05) is 35.2 Å². The van der Waals surface area contributed by atoms with E-state index >= 15 is 0 Å². The molecule has 144 valence electrons. The zero-order valence-corrected chi connectivity index (χ0v) is 16.6. The Labute approximate surface area is 166 Å². The van der Waals surface area contributed by atoms with Crippen LogP contribution in [0, 0.1) is 0 Å². The number of pyridine rings is 1. The van der Waals surface area contributed by atoms with Crippen molar-refractivity contribution >= 4 is 16.8 Å².